The Labute approximate surface area is 87.1 Å². The molecule has 1 aromatic rings. The highest BCUT2D eigenvalue weighted by molar-refractivity contribution is 5.27. The average molecular weight is 191 g/mol. The molecule has 0 amide bonds. The van der Waals surface area contributed by atoms with Gasteiger partial charge in [0.2, 0.25) is 0 Å². The first-order valence-corrected chi connectivity index (χ1v) is 5.37. The van der Waals surface area contributed by atoms with Crippen molar-refractivity contribution in [2.75, 3.05) is 6.61 Å². The number of unbranched alkanes of at least 4 members (excludes halogenated alkanes) is 1. The van der Waals surface area contributed by atoms with Crippen LogP contribution in [0.5, 0.6) is 5.75 Å². The Kier molecular flexibility index (Phi) is 5.13. The van der Waals surface area contributed by atoms with Crippen LogP contribution in [0.15, 0.2) is 24.3 Å². The molecule has 0 unspecified atom stereocenters. The van der Waals surface area contributed by atoms with Crippen molar-refractivity contribution in [2.45, 2.75) is 32.6 Å². The summed E-state index contributed by atoms with van der Waals surface area (Å²) >= 11 is 0. The number of benzene rings is 1. The first-order chi connectivity index (χ1) is 6.86. The zero-order chi connectivity index (χ0) is 10.2. The van der Waals surface area contributed by atoms with Crippen molar-refractivity contribution in [3.05, 3.63) is 36.8 Å². The average Bonchev–Trinajstić information content (AvgIpc) is 2.21. The van der Waals surface area contributed by atoms with Crippen LogP contribution in [0.3, 0.4) is 0 Å². The fourth-order valence-electron chi connectivity index (χ4n) is 1.29. The molecule has 0 aliphatic rings. The molecule has 1 aromatic carbocycles. The van der Waals surface area contributed by atoms with Crippen molar-refractivity contribution in [2.24, 2.45) is 0 Å². The van der Waals surface area contributed by atoms with Crippen LogP contribution in [-0.4, -0.2) is 6.61 Å². The van der Waals surface area contributed by atoms with Crippen molar-refractivity contribution in [1.82, 2.24) is 0 Å². The van der Waals surface area contributed by atoms with E-state index in [0.717, 1.165) is 31.6 Å². The second kappa shape index (κ2) is 6.47. The van der Waals surface area contributed by atoms with Gasteiger partial charge in [0.1, 0.15) is 5.75 Å². The summed E-state index contributed by atoms with van der Waals surface area (Å²) in [4.78, 5) is 0. The van der Waals surface area contributed by atoms with Crippen LogP contribution in [-0.2, 0) is 6.42 Å². The Morgan fingerprint density at radius 3 is 2.50 bits per heavy atom. The smallest absolute Gasteiger partial charge is 0.119 e. The zero-order valence-electron chi connectivity index (χ0n) is 8.96. The zero-order valence-corrected chi connectivity index (χ0v) is 8.96. The Balaban J connectivity index is 2.38. The second-order valence-corrected chi connectivity index (χ2v) is 3.45. The largest absolute Gasteiger partial charge is 0.494 e. The van der Waals surface area contributed by atoms with Crippen molar-refractivity contribution >= 4 is 0 Å². The Hall–Kier alpha value is -0.980. The molecule has 1 rings (SSSR count). The normalized spacial score (nSPS) is 10.1. The maximum Gasteiger partial charge on any atom is 0.119 e. The van der Waals surface area contributed by atoms with E-state index in [9.17, 15) is 0 Å². The summed E-state index contributed by atoms with van der Waals surface area (Å²) in [5, 5.41) is 0. The molecular weight excluding hydrogens is 172 g/mol. The molecule has 14 heavy (non-hydrogen) atoms. The van der Waals surface area contributed by atoms with E-state index in [4.69, 9.17) is 4.74 Å². The lowest BCUT2D eigenvalue weighted by Gasteiger charge is -2.05. The molecule has 0 fully saturated rings. The summed E-state index contributed by atoms with van der Waals surface area (Å²) in [6.45, 7) is 6.82. The monoisotopic (exact) mass is 191 g/mol. The van der Waals surface area contributed by atoms with Gasteiger partial charge in [-0.2, -0.15) is 0 Å². The van der Waals surface area contributed by atoms with E-state index in [0.29, 0.717) is 0 Å². The van der Waals surface area contributed by atoms with Crippen molar-refractivity contribution < 1.29 is 4.74 Å². The highest BCUT2D eigenvalue weighted by Crippen LogP contribution is 2.13. The number of aryl methyl sites for hydroxylation is 1. The minimum Gasteiger partial charge on any atom is -0.494 e. The van der Waals surface area contributed by atoms with Gasteiger partial charge in [-0.25, -0.2) is 0 Å². The van der Waals surface area contributed by atoms with Crippen LogP contribution in [0.2, 0.25) is 0 Å². The molecule has 1 heteroatoms. The summed E-state index contributed by atoms with van der Waals surface area (Å²) in [5.74, 6) is 0.978. The van der Waals surface area contributed by atoms with Gasteiger partial charge in [-0.15, -0.1) is 0 Å². The quantitative estimate of drug-likeness (QED) is 0.624. The first-order valence-electron chi connectivity index (χ1n) is 5.37. The highest BCUT2D eigenvalue weighted by atomic mass is 16.5. The lowest BCUT2D eigenvalue weighted by molar-refractivity contribution is 0.309. The maximum atomic E-state index is 5.56. The standard InChI is InChI=1S/C13H19O/c1-3-5-11-14-13-9-7-12(6-4-2)8-10-13/h7-10H,2-6,11H2,1H3. The molecule has 0 bridgehead atoms. The van der Waals surface area contributed by atoms with Crippen molar-refractivity contribution in [3.63, 3.8) is 0 Å². The molecule has 0 saturated heterocycles. The van der Waals surface area contributed by atoms with E-state index < -0.39 is 0 Å². The highest BCUT2D eigenvalue weighted by Gasteiger charge is 1.94. The molecule has 0 aliphatic carbocycles. The van der Waals surface area contributed by atoms with Gasteiger partial charge >= 0.3 is 0 Å². The molecule has 0 N–H and O–H groups in total. The molecule has 0 aromatic heterocycles. The lowest BCUT2D eigenvalue weighted by Crippen LogP contribution is -1.96. The van der Waals surface area contributed by atoms with Crippen LogP contribution in [0, 0.1) is 6.92 Å². The van der Waals surface area contributed by atoms with Gasteiger partial charge in [-0.05, 0) is 37.0 Å². The molecule has 0 spiro atoms. The van der Waals surface area contributed by atoms with Crippen LogP contribution < -0.4 is 4.74 Å². The number of hydrogen-bond donors (Lipinski definition) is 0. The van der Waals surface area contributed by atoms with E-state index in [2.05, 4.69) is 26.0 Å². The minimum atomic E-state index is 0.825. The van der Waals surface area contributed by atoms with E-state index in [1.54, 1.807) is 0 Å². The first kappa shape index (κ1) is 11.1. The molecule has 77 valence electrons. The third kappa shape index (κ3) is 3.82. The third-order valence-corrected chi connectivity index (χ3v) is 2.16. The van der Waals surface area contributed by atoms with E-state index in [-0.39, 0.29) is 0 Å². The second-order valence-electron chi connectivity index (χ2n) is 3.45. The van der Waals surface area contributed by atoms with Crippen LogP contribution in [0.25, 0.3) is 0 Å². The summed E-state index contributed by atoms with van der Waals surface area (Å²) in [6.07, 6.45) is 4.31. The summed E-state index contributed by atoms with van der Waals surface area (Å²) < 4.78 is 5.56. The molecule has 0 saturated carbocycles. The predicted octanol–water partition coefficient (Wildman–Crippen LogP) is 3.63. The van der Waals surface area contributed by atoms with Gasteiger partial charge in [0, 0.05) is 0 Å². The third-order valence-electron chi connectivity index (χ3n) is 2.16. The molecule has 0 atom stereocenters. The Bertz CT molecular complexity index is 238. The van der Waals surface area contributed by atoms with E-state index in [1.165, 1.54) is 12.0 Å². The molecular formula is C13H19O. The topological polar surface area (TPSA) is 9.23 Å². The van der Waals surface area contributed by atoms with Gasteiger partial charge < -0.3 is 4.74 Å². The summed E-state index contributed by atoms with van der Waals surface area (Å²) in [5.41, 5.74) is 1.34. The lowest BCUT2D eigenvalue weighted by atomic mass is 10.1. The summed E-state index contributed by atoms with van der Waals surface area (Å²) in [6, 6.07) is 8.32. The van der Waals surface area contributed by atoms with Gasteiger partial charge in [-0.1, -0.05) is 32.4 Å². The van der Waals surface area contributed by atoms with Crippen LogP contribution in [0.4, 0.5) is 0 Å². The Morgan fingerprint density at radius 1 is 1.21 bits per heavy atom. The fraction of sp³-hybridized carbons (Fsp3) is 0.462. The molecule has 1 radical (unpaired) electrons. The van der Waals surface area contributed by atoms with Gasteiger partial charge in [0.25, 0.3) is 0 Å². The fourth-order valence-corrected chi connectivity index (χ4v) is 1.29. The number of hydrogen-bond acceptors (Lipinski definition) is 1. The molecule has 0 aliphatic heterocycles. The van der Waals surface area contributed by atoms with E-state index >= 15 is 0 Å². The number of ether oxygens (including phenoxy) is 1. The van der Waals surface area contributed by atoms with Crippen molar-refractivity contribution in [3.8, 4) is 5.75 Å². The maximum absolute atomic E-state index is 5.56. The van der Waals surface area contributed by atoms with Crippen LogP contribution in [0.1, 0.15) is 31.7 Å². The van der Waals surface area contributed by atoms with Gasteiger partial charge in [-0.3, -0.25) is 0 Å². The van der Waals surface area contributed by atoms with Crippen molar-refractivity contribution in [1.29, 1.82) is 0 Å². The van der Waals surface area contributed by atoms with E-state index in [1.807, 2.05) is 12.1 Å². The number of rotatable bonds is 6. The predicted molar refractivity (Wildman–Crippen MR) is 60.5 cm³/mol. The van der Waals surface area contributed by atoms with Gasteiger partial charge in [0.05, 0.1) is 6.61 Å². The SMILES string of the molecule is [CH2]CCc1ccc(OCCCC)cc1. The Morgan fingerprint density at radius 2 is 1.93 bits per heavy atom. The minimum absolute atomic E-state index is 0.825. The van der Waals surface area contributed by atoms with Gasteiger partial charge in [0.15, 0.2) is 0 Å². The molecule has 1 nitrogen and oxygen atoms in total. The van der Waals surface area contributed by atoms with Crippen LogP contribution >= 0.6 is 0 Å². The summed E-state index contributed by atoms with van der Waals surface area (Å²) in [7, 11) is 0. The molecule has 0 heterocycles.